The molecule has 4 saturated carbocycles. The van der Waals surface area contributed by atoms with Crippen LogP contribution >= 0.6 is 11.6 Å². The summed E-state index contributed by atoms with van der Waals surface area (Å²) < 4.78 is 5.92. The summed E-state index contributed by atoms with van der Waals surface area (Å²) in [5.41, 5.74) is -0.0429. The largest absolute Gasteiger partial charge is 0.378 e. The van der Waals surface area contributed by atoms with E-state index < -0.39 is 0 Å². The lowest BCUT2D eigenvalue weighted by molar-refractivity contribution is -0.201. The zero-order chi connectivity index (χ0) is 12.2. The summed E-state index contributed by atoms with van der Waals surface area (Å²) in [6, 6.07) is 0. The van der Waals surface area contributed by atoms with Crippen molar-refractivity contribution in [2.45, 2.75) is 44.6 Å². The quantitative estimate of drug-likeness (QED) is 0.725. The number of carbonyl (C=O) groups excluding carboxylic acids is 1. The zero-order valence-corrected chi connectivity index (χ0v) is 11.4. The maximum atomic E-state index is 11.5. The summed E-state index contributed by atoms with van der Waals surface area (Å²) in [6.07, 6.45) is 6.27. The molecular weight excluding hydrogens is 236 g/mol. The summed E-state index contributed by atoms with van der Waals surface area (Å²) in [4.78, 5) is 11.5. The molecule has 4 fully saturated rings. The summed E-state index contributed by atoms with van der Waals surface area (Å²) in [6.45, 7) is 1.99. The molecule has 0 aromatic heterocycles. The van der Waals surface area contributed by atoms with E-state index in [0.29, 0.717) is 11.8 Å². The fourth-order valence-corrected chi connectivity index (χ4v) is 5.45. The highest BCUT2D eigenvalue weighted by Crippen LogP contribution is 2.61. The number of rotatable bonds is 3. The van der Waals surface area contributed by atoms with Gasteiger partial charge in [-0.2, -0.15) is 0 Å². The number of hydrogen-bond donors (Lipinski definition) is 0. The van der Waals surface area contributed by atoms with Crippen LogP contribution in [0.4, 0.5) is 0 Å². The fourth-order valence-electron chi connectivity index (χ4n) is 5.31. The lowest BCUT2D eigenvalue weighted by Crippen LogP contribution is -2.60. The van der Waals surface area contributed by atoms with E-state index in [4.69, 9.17) is 16.3 Å². The molecule has 0 radical (unpaired) electrons. The number of methoxy groups -OCH3 is 1. The Labute approximate surface area is 108 Å². The summed E-state index contributed by atoms with van der Waals surface area (Å²) >= 11 is 5.75. The van der Waals surface area contributed by atoms with Crippen molar-refractivity contribution in [3.63, 3.8) is 0 Å². The Morgan fingerprint density at radius 3 is 2.35 bits per heavy atom. The van der Waals surface area contributed by atoms with Gasteiger partial charge in [0.25, 0.3) is 0 Å². The lowest BCUT2D eigenvalue weighted by Gasteiger charge is -2.61. The maximum Gasteiger partial charge on any atom is 0.224 e. The average Bonchev–Trinajstić information content (AvgIpc) is 2.27. The Morgan fingerprint density at radius 2 is 1.88 bits per heavy atom. The first-order chi connectivity index (χ1) is 8.05. The monoisotopic (exact) mass is 256 g/mol. The fraction of sp³-hybridized carbons (Fsp3) is 0.929. The molecule has 17 heavy (non-hydrogen) atoms. The minimum atomic E-state index is -0.182. The highest BCUT2D eigenvalue weighted by atomic mass is 35.5. The standard InChI is InChI=1S/C14H21ClO2/c1-8(13(15)16)12-11-4-9-3-10(5-11)7-14(12,6-9)17-2/h8-12H,3-7H2,1-2H3. The minimum Gasteiger partial charge on any atom is -0.378 e. The number of ether oxygens (including phenoxy) is 1. The Bertz CT molecular complexity index is 327. The van der Waals surface area contributed by atoms with Crippen LogP contribution in [0.3, 0.4) is 0 Å². The van der Waals surface area contributed by atoms with Crippen molar-refractivity contribution in [1.29, 1.82) is 0 Å². The normalized spacial score (nSPS) is 49.4. The molecule has 0 saturated heterocycles. The molecule has 0 N–H and O–H groups in total. The first-order valence-electron chi connectivity index (χ1n) is 6.80. The van der Waals surface area contributed by atoms with Crippen molar-refractivity contribution in [2.24, 2.45) is 29.6 Å². The molecule has 0 aromatic carbocycles. The summed E-state index contributed by atoms with van der Waals surface area (Å²) in [5, 5.41) is -0.182. The van der Waals surface area contributed by atoms with Crippen LogP contribution < -0.4 is 0 Å². The van der Waals surface area contributed by atoms with E-state index in [-0.39, 0.29) is 16.8 Å². The van der Waals surface area contributed by atoms with Gasteiger partial charge >= 0.3 is 0 Å². The van der Waals surface area contributed by atoms with Gasteiger partial charge in [-0.3, -0.25) is 4.79 Å². The molecule has 0 spiro atoms. The minimum absolute atomic E-state index is 0.0429. The van der Waals surface area contributed by atoms with Gasteiger partial charge in [-0.25, -0.2) is 0 Å². The summed E-state index contributed by atoms with van der Waals surface area (Å²) in [7, 11) is 1.82. The van der Waals surface area contributed by atoms with Crippen LogP contribution in [0.25, 0.3) is 0 Å². The Morgan fingerprint density at radius 1 is 1.29 bits per heavy atom. The molecule has 0 aliphatic heterocycles. The topological polar surface area (TPSA) is 26.3 Å². The van der Waals surface area contributed by atoms with Crippen molar-refractivity contribution in [3.05, 3.63) is 0 Å². The number of carbonyl (C=O) groups is 1. The molecule has 2 nitrogen and oxygen atoms in total. The third kappa shape index (κ3) is 1.67. The van der Waals surface area contributed by atoms with Crippen LogP contribution in [0.15, 0.2) is 0 Å². The van der Waals surface area contributed by atoms with Gasteiger partial charge in [-0.1, -0.05) is 6.92 Å². The maximum absolute atomic E-state index is 11.5. The molecule has 0 heterocycles. The van der Waals surface area contributed by atoms with Gasteiger partial charge < -0.3 is 4.74 Å². The van der Waals surface area contributed by atoms with Gasteiger partial charge in [0.1, 0.15) is 0 Å². The van der Waals surface area contributed by atoms with Crippen molar-refractivity contribution in [2.75, 3.05) is 7.11 Å². The lowest BCUT2D eigenvalue weighted by atomic mass is 9.47. The van der Waals surface area contributed by atoms with Crippen LogP contribution in [0.5, 0.6) is 0 Å². The van der Waals surface area contributed by atoms with Crippen LogP contribution in [0.2, 0.25) is 0 Å². The first-order valence-corrected chi connectivity index (χ1v) is 7.18. The van der Waals surface area contributed by atoms with Gasteiger partial charge in [0.05, 0.1) is 5.60 Å². The van der Waals surface area contributed by atoms with E-state index >= 15 is 0 Å². The van der Waals surface area contributed by atoms with E-state index in [1.54, 1.807) is 0 Å². The second kappa shape index (κ2) is 3.96. The van der Waals surface area contributed by atoms with Gasteiger partial charge in [0, 0.05) is 18.9 Å². The molecule has 3 heteroatoms. The van der Waals surface area contributed by atoms with Crippen LogP contribution in [0.1, 0.15) is 39.0 Å². The van der Waals surface area contributed by atoms with Crippen molar-refractivity contribution in [3.8, 4) is 0 Å². The molecule has 4 unspecified atom stereocenters. The smallest absolute Gasteiger partial charge is 0.224 e. The second-order valence-electron chi connectivity index (χ2n) is 6.49. The molecule has 4 bridgehead atoms. The van der Waals surface area contributed by atoms with E-state index in [9.17, 15) is 4.79 Å². The molecular formula is C14H21ClO2. The summed E-state index contributed by atoms with van der Waals surface area (Å²) in [5.74, 6) is 2.63. The molecule has 4 atom stereocenters. The predicted molar refractivity (Wildman–Crippen MR) is 66.8 cm³/mol. The van der Waals surface area contributed by atoms with E-state index in [0.717, 1.165) is 24.7 Å². The highest BCUT2D eigenvalue weighted by Gasteiger charge is 2.59. The van der Waals surface area contributed by atoms with Crippen molar-refractivity contribution in [1.82, 2.24) is 0 Å². The molecule has 0 amide bonds. The third-order valence-electron chi connectivity index (χ3n) is 5.63. The van der Waals surface area contributed by atoms with Gasteiger partial charge in [-0.05, 0) is 61.5 Å². The SMILES string of the molecule is COC12CC3CC(CC(C3)C1C(C)C(=O)Cl)C2. The van der Waals surface area contributed by atoms with Crippen LogP contribution in [-0.2, 0) is 9.53 Å². The first kappa shape index (κ1) is 12.0. The van der Waals surface area contributed by atoms with E-state index in [2.05, 4.69) is 0 Å². The highest BCUT2D eigenvalue weighted by molar-refractivity contribution is 6.63. The Kier molecular flexibility index (Phi) is 2.79. The van der Waals surface area contributed by atoms with Crippen molar-refractivity contribution < 1.29 is 9.53 Å². The van der Waals surface area contributed by atoms with Crippen LogP contribution in [0, 0.1) is 29.6 Å². The number of halogens is 1. The van der Waals surface area contributed by atoms with Crippen LogP contribution in [-0.4, -0.2) is 18.0 Å². The molecule has 0 aromatic rings. The predicted octanol–water partition coefficient (Wildman–Crippen LogP) is 3.23. The van der Waals surface area contributed by atoms with Gasteiger partial charge in [0.15, 0.2) is 0 Å². The zero-order valence-electron chi connectivity index (χ0n) is 10.6. The van der Waals surface area contributed by atoms with Crippen molar-refractivity contribution >= 4 is 16.8 Å². The van der Waals surface area contributed by atoms with E-state index in [1.807, 2.05) is 14.0 Å². The second-order valence-corrected chi connectivity index (χ2v) is 6.87. The Balaban J connectivity index is 1.94. The number of hydrogen-bond acceptors (Lipinski definition) is 2. The third-order valence-corrected chi connectivity index (χ3v) is 5.97. The van der Waals surface area contributed by atoms with E-state index in [1.165, 1.54) is 19.3 Å². The van der Waals surface area contributed by atoms with Gasteiger partial charge in [0.2, 0.25) is 5.24 Å². The molecule has 96 valence electrons. The Hall–Kier alpha value is -0.0800. The average molecular weight is 257 g/mol. The molecule has 4 aliphatic carbocycles. The molecule has 4 aliphatic rings. The van der Waals surface area contributed by atoms with Gasteiger partial charge in [-0.15, -0.1) is 0 Å². The molecule has 4 rings (SSSR count).